The largest absolute Gasteiger partial charge is 0.480 e. The van der Waals surface area contributed by atoms with Crippen molar-refractivity contribution in [2.45, 2.75) is 18.3 Å². The third kappa shape index (κ3) is 2.92. The summed E-state index contributed by atoms with van der Waals surface area (Å²) in [5.41, 5.74) is 3.25. The number of aliphatic carboxylic acids is 1. The Bertz CT molecular complexity index is 422. The maximum Gasteiger partial charge on any atom is 0.416 e. The first-order chi connectivity index (χ1) is 7.75. The van der Waals surface area contributed by atoms with E-state index in [-0.39, 0.29) is 0 Å². The molecule has 2 unspecified atom stereocenters. The second-order valence-corrected chi connectivity index (χ2v) is 3.27. The quantitative estimate of drug-likeness (QED) is 0.727. The normalized spacial score (nSPS) is 15.4. The van der Waals surface area contributed by atoms with Crippen LogP contribution in [0.3, 0.4) is 0 Å². The second-order valence-electron chi connectivity index (χ2n) is 3.27. The van der Waals surface area contributed by atoms with Crippen molar-refractivity contribution in [3.05, 3.63) is 29.6 Å². The lowest BCUT2D eigenvalue weighted by Crippen LogP contribution is -2.37. The van der Waals surface area contributed by atoms with E-state index in [0.717, 1.165) is 12.4 Å². The molecule has 0 radical (unpaired) electrons. The molecule has 0 fully saturated rings. The van der Waals surface area contributed by atoms with E-state index in [2.05, 4.69) is 4.98 Å². The number of nitrogens with two attached hydrogens (primary N) is 1. The van der Waals surface area contributed by atoms with Crippen LogP contribution in [0.2, 0.25) is 0 Å². The van der Waals surface area contributed by atoms with Gasteiger partial charge in [-0.3, -0.25) is 9.78 Å². The fourth-order valence-corrected chi connectivity index (χ4v) is 1.23. The maximum atomic E-state index is 12.5. The van der Waals surface area contributed by atoms with E-state index in [0.29, 0.717) is 6.07 Å². The van der Waals surface area contributed by atoms with Gasteiger partial charge in [-0.1, -0.05) is 0 Å². The molecule has 1 aromatic heterocycles. The van der Waals surface area contributed by atoms with Crippen LogP contribution < -0.4 is 5.73 Å². The molecule has 17 heavy (non-hydrogen) atoms. The van der Waals surface area contributed by atoms with Crippen LogP contribution in [-0.2, 0) is 11.0 Å². The van der Waals surface area contributed by atoms with Crippen LogP contribution >= 0.6 is 0 Å². The molecule has 0 aliphatic rings. The monoisotopic (exact) mass is 250 g/mol. The number of aliphatic hydroxyl groups excluding tert-OH is 1. The lowest BCUT2D eigenvalue weighted by molar-refractivity contribution is -0.144. The number of aliphatic hydroxyl groups is 1. The molecule has 8 heteroatoms. The molecule has 1 aromatic rings. The van der Waals surface area contributed by atoms with Crippen molar-refractivity contribution in [2.75, 3.05) is 0 Å². The minimum absolute atomic E-state index is 0.646. The molecule has 1 heterocycles. The van der Waals surface area contributed by atoms with Crippen LogP contribution in [0.25, 0.3) is 0 Å². The molecule has 0 spiro atoms. The van der Waals surface area contributed by atoms with Crippen LogP contribution in [0.1, 0.15) is 17.2 Å². The Morgan fingerprint density at radius 1 is 1.47 bits per heavy atom. The van der Waals surface area contributed by atoms with Crippen molar-refractivity contribution in [1.29, 1.82) is 0 Å². The number of pyridine rings is 1. The summed E-state index contributed by atoms with van der Waals surface area (Å²) in [4.78, 5) is 13.9. The summed E-state index contributed by atoms with van der Waals surface area (Å²) in [5.74, 6) is -1.60. The molecule has 0 saturated carbocycles. The van der Waals surface area contributed by atoms with Gasteiger partial charge in [0.05, 0.1) is 5.56 Å². The number of hydrogen-bond donors (Lipinski definition) is 3. The van der Waals surface area contributed by atoms with Gasteiger partial charge in [0.2, 0.25) is 0 Å². The SMILES string of the molecule is NC(C(=O)O)C(O)c1cnccc1C(F)(F)F. The Morgan fingerprint density at radius 3 is 2.53 bits per heavy atom. The molecule has 0 aliphatic heterocycles. The molecule has 0 bridgehead atoms. The van der Waals surface area contributed by atoms with Crippen molar-refractivity contribution in [2.24, 2.45) is 5.73 Å². The van der Waals surface area contributed by atoms with E-state index >= 15 is 0 Å². The number of nitrogens with zero attached hydrogens (tertiary/aromatic N) is 1. The highest BCUT2D eigenvalue weighted by Gasteiger charge is 2.37. The van der Waals surface area contributed by atoms with Crippen molar-refractivity contribution < 1.29 is 28.2 Å². The summed E-state index contributed by atoms with van der Waals surface area (Å²) in [7, 11) is 0. The average Bonchev–Trinajstić information content (AvgIpc) is 2.25. The number of halogens is 3. The number of aromatic nitrogens is 1. The van der Waals surface area contributed by atoms with Gasteiger partial charge in [-0.2, -0.15) is 13.2 Å². The maximum absolute atomic E-state index is 12.5. The highest BCUT2D eigenvalue weighted by atomic mass is 19.4. The number of carbonyl (C=O) groups is 1. The average molecular weight is 250 g/mol. The topological polar surface area (TPSA) is 96.4 Å². The van der Waals surface area contributed by atoms with E-state index in [1.54, 1.807) is 0 Å². The van der Waals surface area contributed by atoms with Gasteiger partial charge in [-0.15, -0.1) is 0 Å². The van der Waals surface area contributed by atoms with Gasteiger partial charge in [0, 0.05) is 18.0 Å². The van der Waals surface area contributed by atoms with E-state index in [4.69, 9.17) is 10.8 Å². The Hall–Kier alpha value is -1.67. The first-order valence-electron chi connectivity index (χ1n) is 4.42. The standard InChI is InChI=1S/C9H9F3N2O3/c10-9(11,12)5-1-2-14-3-4(5)7(15)6(13)8(16)17/h1-3,6-7,15H,13H2,(H,16,17). The Labute approximate surface area is 93.7 Å². The van der Waals surface area contributed by atoms with Crippen LogP contribution in [0.15, 0.2) is 18.5 Å². The predicted octanol–water partition coefficient (Wildman–Crippen LogP) is 0.546. The number of rotatable bonds is 3. The third-order valence-corrected chi connectivity index (χ3v) is 2.10. The number of carboxylic acid groups (broad SMARTS) is 1. The zero-order chi connectivity index (χ0) is 13.2. The fourth-order valence-electron chi connectivity index (χ4n) is 1.23. The summed E-state index contributed by atoms with van der Waals surface area (Å²) in [6, 6.07) is -1.20. The minimum atomic E-state index is -4.71. The summed E-state index contributed by atoms with van der Waals surface area (Å²) in [6.07, 6.45) is -5.04. The smallest absolute Gasteiger partial charge is 0.416 e. The van der Waals surface area contributed by atoms with Crippen molar-refractivity contribution in [1.82, 2.24) is 4.98 Å². The lowest BCUT2D eigenvalue weighted by Gasteiger charge is -2.19. The van der Waals surface area contributed by atoms with E-state index < -0.39 is 35.4 Å². The summed E-state index contributed by atoms with van der Waals surface area (Å²) in [5, 5.41) is 18.0. The zero-order valence-electron chi connectivity index (χ0n) is 8.35. The summed E-state index contributed by atoms with van der Waals surface area (Å²) in [6.45, 7) is 0. The van der Waals surface area contributed by atoms with Gasteiger partial charge in [-0.05, 0) is 6.07 Å². The van der Waals surface area contributed by atoms with Gasteiger partial charge in [-0.25, -0.2) is 0 Å². The van der Waals surface area contributed by atoms with Gasteiger partial charge < -0.3 is 15.9 Å². The van der Waals surface area contributed by atoms with Crippen LogP contribution in [0, 0.1) is 0 Å². The summed E-state index contributed by atoms with van der Waals surface area (Å²) >= 11 is 0. The molecule has 0 aromatic carbocycles. The molecular formula is C9H9F3N2O3. The zero-order valence-corrected chi connectivity index (χ0v) is 8.35. The first-order valence-corrected chi connectivity index (χ1v) is 4.42. The van der Waals surface area contributed by atoms with Gasteiger partial charge in [0.15, 0.2) is 0 Å². The van der Waals surface area contributed by atoms with Crippen LogP contribution in [0.4, 0.5) is 13.2 Å². The summed E-state index contributed by atoms with van der Waals surface area (Å²) < 4.78 is 37.6. The molecule has 4 N–H and O–H groups in total. The van der Waals surface area contributed by atoms with Crippen LogP contribution in [-0.4, -0.2) is 27.2 Å². The number of hydrogen-bond acceptors (Lipinski definition) is 4. The van der Waals surface area contributed by atoms with E-state index in [9.17, 15) is 23.1 Å². The van der Waals surface area contributed by atoms with Crippen molar-refractivity contribution >= 4 is 5.97 Å². The number of alkyl halides is 3. The molecule has 1 rings (SSSR count). The highest BCUT2D eigenvalue weighted by molar-refractivity contribution is 5.74. The highest BCUT2D eigenvalue weighted by Crippen LogP contribution is 2.34. The lowest BCUT2D eigenvalue weighted by atomic mass is 9.99. The van der Waals surface area contributed by atoms with Gasteiger partial charge in [0.1, 0.15) is 12.1 Å². The Morgan fingerprint density at radius 2 is 2.06 bits per heavy atom. The van der Waals surface area contributed by atoms with E-state index in [1.807, 2.05) is 0 Å². The molecule has 5 nitrogen and oxygen atoms in total. The minimum Gasteiger partial charge on any atom is -0.480 e. The van der Waals surface area contributed by atoms with Gasteiger partial charge >= 0.3 is 12.1 Å². The van der Waals surface area contributed by atoms with Crippen LogP contribution in [0.5, 0.6) is 0 Å². The van der Waals surface area contributed by atoms with Gasteiger partial charge in [0.25, 0.3) is 0 Å². The first kappa shape index (κ1) is 13.4. The Kier molecular flexibility index (Phi) is 3.69. The molecule has 0 saturated heterocycles. The second kappa shape index (κ2) is 4.68. The molecule has 0 aliphatic carbocycles. The van der Waals surface area contributed by atoms with Crippen molar-refractivity contribution in [3.63, 3.8) is 0 Å². The molecule has 0 amide bonds. The molecular weight excluding hydrogens is 241 g/mol. The molecule has 2 atom stereocenters. The fraction of sp³-hybridized carbons (Fsp3) is 0.333. The predicted molar refractivity (Wildman–Crippen MR) is 49.8 cm³/mol. The number of carboxylic acids is 1. The van der Waals surface area contributed by atoms with Crippen molar-refractivity contribution in [3.8, 4) is 0 Å². The molecule has 94 valence electrons. The third-order valence-electron chi connectivity index (χ3n) is 2.10. The van der Waals surface area contributed by atoms with E-state index in [1.165, 1.54) is 0 Å². The Balaban J connectivity index is 3.18.